The first-order chi connectivity index (χ1) is 22.0. The summed E-state index contributed by atoms with van der Waals surface area (Å²) in [6.07, 6.45) is 11.7. The predicted octanol–water partition coefficient (Wildman–Crippen LogP) is 8.63. The molecule has 4 rings (SSSR count). The van der Waals surface area contributed by atoms with Gasteiger partial charge in [0.05, 0.1) is 9.79 Å². The molecule has 0 heterocycles. The van der Waals surface area contributed by atoms with E-state index in [1.807, 2.05) is 24.3 Å². The largest absolute Gasteiger partial charge is 2.00 e. The number of unbranched alkanes of at least 4 members (excludes halogenated alkanes) is 6. The van der Waals surface area contributed by atoms with Crippen molar-refractivity contribution < 1.29 is 35.4 Å². The van der Waals surface area contributed by atoms with Gasteiger partial charge in [-0.3, -0.25) is 0 Å². The predicted molar refractivity (Wildman–Crippen MR) is 183 cm³/mol. The van der Waals surface area contributed by atoms with Crippen LogP contribution in [0.4, 0.5) is 0 Å². The molecule has 8 nitrogen and oxygen atoms in total. The Kier molecular flexibility index (Phi) is 18.0. The van der Waals surface area contributed by atoms with Crippen LogP contribution in [0.1, 0.15) is 76.3 Å². The maximum Gasteiger partial charge on any atom is 2.00 e. The van der Waals surface area contributed by atoms with Gasteiger partial charge in [-0.25, -0.2) is 16.8 Å². The normalized spacial score (nSPS) is 11.1. The van der Waals surface area contributed by atoms with E-state index in [-0.39, 0.29) is 59.0 Å². The van der Waals surface area contributed by atoms with Crippen LogP contribution in [0.2, 0.25) is 0 Å². The van der Waals surface area contributed by atoms with Crippen LogP contribution in [0.3, 0.4) is 0 Å². The second kappa shape index (κ2) is 20.8. The van der Waals surface area contributed by atoms with Gasteiger partial charge in [0.1, 0.15) is 43.2 Å². The van der Waals surface area contributed by atoms with E-state index in [0.29, 0.717) is 11.5 Å². The van der Waals surface area contributed by atoms with Gasteiger partial charge in [-0.15, -0.1) is 0 Å². The van der Waals surface area contributed by atoms with Crippen molar-refractivity contribution in [3.8, 4) is 23.0 Å². The fraction of sp³-hybridized carbons (Fsp3) is 0.333. The summed E-state index contributed by atoms with van der Waals surface area (Å²) >= 11 is 0. The van der Waals surface area contributed by atoms with E-state index in [4.69, 9.17) is 9.47 Å². The molecule has 0 aliphatic carbocycles. The number of ether oxygens (including phenoxy) is 2. The molecule has 0 aromatic heterocycles. The summed E-state index contributed by atoms with van der Waals surface area (Å²) in [5.41, 5.74) is 2.44. The molecule has 0 radical (unpaired) electrons. The Labute approximate surface area is 310 Å². The summed E-state index contributed by atoms with van der Waals surface area (Å²) in [7, 11) is -9.11. The average Bonchev–Trinajstić information content (AvgIpc) is 3.03. The Morgan fingerprint density at radius 3 is 1.15 bits per heavy atom. The number of hydrogen-bond acceptors (Lipinski definition) is 8. The number of aryl methyl sites for hydroxylation is 2. The third-order valence-corrected chi connectivity index (χ3v) is 8.93. The molecule has 0 unspecified atom stereocenters. The second-order valence-electron chi connectivity index (χ2n) is 10.9. The minimum Gasteiger partial charge on any atom is -0.744 e. The summed E-state index contributed by atoms with van der Waals surface area (Å²) in [5.74, 6) is 1.13. The van der Waals surface area contributed by atoms with E-state index in [9.17, 15) is 25.9 Å². The van der Waals surface area contributed by atoms with Gasteiger partial charge in [0.15, 0.2) is 0 Å². The van der Waals surface area contributed by atoms with Gasteiger partial charge < -0.3 is 18.6 Å². The van der Waals surface area contributed by atoms with Crippen molar-refractivity contribution in [3.63, 3.8) is 0 Å². The Bertz CT molecular complexity index is 1580. The van der Waals surface area contributed by atoms with Crippen LogP contribution in [0.5, 0.6) is 23.0 Å². The molecule has 0 saturated heterocycles. The summed E-state index contributed by atoms with van der Waals surface area (Å²) in [6, 6.07) is 26.8. The molecule has 4 aromatic carbocycles. The molecule has 0 atom stereocenters. The molecule has 47 heavy (non-hydrogen) atoms. The van der Waals surface area contributed by atoms with Crippen molar-refractivity contribution >= 4 is 58.0 Å². The Morgan fingerprint density at radius 1 is 0.489 bits per heavy atom. The van der Waals surface area contributed by atoms with Crippen molar-refractivity contribution in [2.24, 2.45) is 0 Å². The minimum atomic E-state index is -4.55. The van der Waals surface area contributed by atoms with Gasteiger partial charge in [-0.05, 0) is 85.3 Å². The molecule has 0 bridgehead atoms. The molecule has 0 fully saturated rings. The van der Waals surface area contributed by atoms with E-state index < -0.39 is 20.2 Å². The van der Waals surface area contributed by atoms with Crippen LogP contribution in [0, 0.1) is 0 Å². The number of benzene rings is 4. The fourth-order valence-corrected chi connectivity index (χ4v) is 5.90. The number of para-hydroxylation sites is 2. The van der Waals surface area contributed by atoms with Crippen molar-refractivity contribution in [1.29, 1.82) is 0 Å². The van der Waals surface area contributed by atoms with Crippen molar-refractivity contribution in [3.05, 3.63) is 108 Å². The second-order valence-corrected chi connectivity index (χ2v) is 13.6. The molecule has 0 amide bonds. The molecule has 0 N–H and O–H groups in total. The van der Waals surface area contributed by atoms with E-state index >= 15 is 0 Å². The van der Waals surface area contributed by atoms with Gasteiger partial charge in [-0.2, -0.15) is 0 Å². The molecule has 11 heteroatoms. The van der Waals surface area contributed by atoms with Crippen molar-refractivity contribution in [1.82, 2.24) is 0 Å². The van der Waals surface area contributed by atoms with Gasteiger partial charge in [0.2, 0.25) is 0 Å². The van der Waals surface area contributed by atoms with Crippen LogP contribution in [0.15, 0.2) is 107 Å². The van der Waals surface area contributed by atoms with Crippen LogP contribution < -0.4 is 9.47 Å². The van der Waals surface area contributed by atoms with Crippen LogP contribution in [0.25, 0.3) is 0 Å². The van der Waals surface area contributed by atoms with Crippen molar-refractivity contribution in [2.75, 3.05) is 0 Å². The molecule has 0 spiro atoms. The number of rotatable bonds is 16. The average molecular weight is 707 g/mol. The van der Waals surface area contributed by atoms with E-state index in [2.05, 4.69) is 13.8 Å². The Morgan fingerprint density at radius 2 is 0.830 bits per heavy atom. The molecular weight excluding hydrogens is 665 g/mol. The standard InChI is InChI=1S/2C18H22O4S.Ca/c2*1-2-3-4-5-8-15-11-13-16(14-12-15)22-17-9-6-7-10-18(17)23(19,20)21;/h2*6-7,9-14H,2-5,8H2,1H3,(H,19,20,21);/q;;+2/p-2. The zero-order valence-corrected chi connectivity index (χ0v) is 30.9. The Balaban J connectivity index is 0.000000320. The third-order valence-electron chi connectivity index (χ3n) is 7.18. The quantitative estimate of drug-likeness (QED) is 0.0643. The zero-order chi connectivity index (χ0) is 33.4. The first-order valence-electron chi connectivity index (χ1n) is 15.6. The maximum absolute atomic E-state index is 11.2. The van der Waals surface area contributed by atoms with Crippen LogP contribution in [-0.4, -0.2) is 63.7 Å². The van der Waals surface area contributed by atoms with E-state index in [1.165, 1.54) is 86.1 Å². The molecule has 4 aromatic rings. The van der Waals surface area contributed by atoms with Gasteiger partial charge in [0.25, 0.3) is 0 Å². The molecular formula is C36H42CaO8S2. The van der Waals surface area contributed by atoms with E-state index in [0.717, 1.165) is 25.7 Å². The topological polar surface area (TPSA) is 133 Å². The molecule has 0 aliphatic heterocycles. The third kappa shape index (κ3) is 14.7. The fourth-order valence-electron chi connectivity index (χ4n) is 4.70. The summed E-state index contributed by atoms with van der Waals surface area (Å²) in [5, 5.41) is 0. The first-order valence-corrected chi connectivity index (χ1v) is 18.5. The molecule has 0 saturated carbocycles. The smallest absolute Gasteiger partial charge is 0.744 e. The minimum absolute atomic E-state index is 0. The van der Waals surface area contributed by atoms with Crippen LogP contribution in [-0.2, 0) is 33.1 Å². The summed E-state index contributed by atoms with van der Waals surface area (Å²) < 4.78 is 78.5. The van der Waals surface area contributed by atoms with Crippen molar-refractivity contribution in [2.45, 2.75) is 87.8 Å². The van der Waals surface area contributed by atoms with Crippen LogP contribution >= 0.6 is 0 Å². The summed E-state index contributed by atoms with van der Waals surface area (Å²) in [6.45, 7) is 4.37. The SMILES string of the molecule is CCCCCCc1ccc(Oc2ccccc2S(=O)(=O)[O-])cc1.CCCCCCc1ccc(Oc2ccccc2S(=O)(=O)[O-])cc1.[Ca+2]. The Hall–Kier alpha value is -2.44. The molecule has 248 valence electrons. The van der Waals surface area contributed by atoms with E-state index in [1.54, 1.807) is 36.4 Å². The maximum atomic E-state index is 11.2. The molecule has 0 aliphatic rings. The van der Waals surface area contributed by atoms with Gasteiger partial charge in [-0.1, -0.05) is 101 Å². The van der Waals surface area contributed by atoms with Gasteiger partial charge >= 0.3 is 37.7 Å². The first kappa shape index (κ1) is 40.7. The summed E-state index contributed by atoms with van der Waals surface area (Å²) in [4.78, 5) is -0.688. The number of hydrogen-bond donors (Lipinski definition) is 0. The monoisotopic (exact) mass is 706 g/mol. The zero-order valence-electron chi connectivity index (χ0n) is 27.1. The van der Waals surface area contributed by atoms with Gasteiger partial charge in [0, 0.05) is 0 Å².